The van der Waals surface area contributed by atoms with Crippen LogP contribution in [0.15, 0.2) is 42.5 Å². The van der Waals surface area contributed by atoms with Crippen LogP contribution in [0.25, 0.3) is 10.8 Å². The normalized spacial score (nSPS) is 16.6. The van der Waals surface area contributed by atoms with Crippen LogP contribution in [0.4, 0.5) is 0 Å². The molecule has 0 spiro atoms. The number of rotatable bonds is 9. The fraction of sp³-hybridized carbons (Fsp3) is 0.480. The number of hydrogen-bond acceptors (Lipinski definition) is 5. The average molecular weight is 491 g/mol. The first-order valence-electron chi connectivity index (χ1n) is 11.5. The molecule has 1 fully saturated rings. The monoisotopic (exact) mass is 490 g/mol. The van der Waals surface area contributed by atoms with Gasteiger partial charge in [-0.3, -0.25) is 14.4 Å². The quantitative estimate of drug-likeness (QED) is 0.396. The Morgan fingerprint density at radius 1 is 1.18 bits per heavy atom. The Morgan fingerprint density at radius 3 is 2.56 bits per heavy atom. The molecule has 0 saturated carbocycles. The van der Waals surface area contributed by atoms with Crippen LogP contribution in [0.2, 0.25) is 0 Å². The number of likely N-dealkylation sites (tertiary alicyclic amines) is 1. The van der Waals surface area contributed by atoms with E-state index in [9.17, 15) is 19.5 Å². The van der Waals surface area contributed by atoms with Crippen LogP contribution in [0.5, 0.6) is 0 Å². The van der Waals surface area contributed by atoms with Crippen molar-refractivity contribution in [2.45, 2.75) is 57.2 Å². The lowest BCUT2D eigenvalue weighted by Crippen LogP contribution is -2.56. The molecule has 0 radical (unpaired) electrons. The van der Waals surface area contributed by atoms with Gasteiger partial charge in [0.05, 0.1) is 0 Å². The van der Waals surface area contributed by atoms with Crippen molar-refractivity contribution in [3.05, 3.63) is 48.0 Å². The van der Waals surface area contributed by atoms with Gasteiger partial charge in [-0.1, -0.05) is 42.5 Å². The van der Waals surface area contributed by atoms with Gasteiger partial charge in [-0.15, -0.1) is 12.4 Å². The van der Waals surface area contributed by atoms with Crippen molar-refractivity contribution in [2.75, 3.05) is 19.6 Å². The summed E-state index contributed by atoms with van der Waals surface area (Å²) in [5, 5.41) is 18.0. The summed E-state index contributed by atoms with van der Waals surface area (Å²) in [6.07, 6.45) is 2.11. The van der Waals surface area contributed by atoms with Crippen molar-refractivity contribution in [3.8, 4) is 0 Å². The summed E-state index contributed by atoms with van der Waals surface area (Å²) in [6.45, 7) is 4.11. The molecule has 3 amide bonds. The van der Waals surface area contributed by atoms with Gasteiger partial charge in [0.2, 0.25) is 11.8 Å². The molecule has 0 bridgehead atoms. The number of amides is 3. The number of aliphatic hydroxyl groups is 1. The number of nitrogens with zero attached hydrogens (tertiary/aromatic N) is 1. The van der Waals surface area contributed by atoms with Gasteiger partial charge in [-0.25, -0.2) is 0 Å². The number of carbonyl (C=O) groups excluding carboxylic acids is 3. The Balaban J connectivity index is 0.00000408. The molecule has 3 rings (SSSR count). The molecule has 2 aromatic rings. The van der Waals surface area contributed by atoms with Crippen molar-refractivity contribution in [2.24, 2.45) is 5.73 Å². The van der Waals surface area contributed by atoms with E-state index in [0.29, 0.717) is 45.3 Å². The Labute approximate surface area is 206 Å². The molecule has 8 nitrogen and oxygen atoms in total. The van der Waals surface area contributed by atoms with Gasteiger partial charge in [0.1, 0.15) is 17.7 Å². The maximum Gasteiger partial charge on any atom is 0.254 e. The minimum absolute atomic E-state index is 0. The zero-order valence-corrected chi connectivity index (χ0v) is 20.6. The van der Waals surface area contributed by atoms with Crippen molar-refractivity contribution in [1.82, 2.24) is 15.5 Å². The number of nitrogens with two attached hydrogens (primary N) is 1. The first-order valence-corrected chi connectivity index (χ1v) is 11.5. The predicted octanol–water partition coefficient (Wildman–Crippen LogP) is 1.52. The molecule has 1 aliphatic heterocycles. The summed E-state index contributed by atoms with van der Waals surface area (Å²) in [4.78, 5) is 40.1. The van der Waals surface area contributed by atoms with Crippen LogP contribution >= 0.6 is 12.4 Å². The van der Waals surface area contributed by atoms with Gasteiger partial charge in [0, 0.05) is 19.5 Å². The molecule has 1 heterocycles. The second-order valence-electron chi connectivity index (χ2n) is 9.10. The van der Waals surface area contributed by atoms with Gasteiger partial charge in [0.15, 0.2) is 0 Å². The van der Waals surface area contributed by atoms with E-state index in [1.807, 2.05) is 42.5 Å². The number of carbonyl (C=O) groups is 3. The summed E-state index contributed by atoms with van der Waals surface area (Å²) >= 11 is 0. The van der Waals surface area contributed by atoms with Gasteiger partial charge in [0.25, 0.3) is 5.91 Å². The highest BCUT2D eigenvalue weighted by Crippen LogP contribution is 2.22. The van der Waals surface area contributed by atoms with Crippen LogP contribution in [-0.4, -0.2) is 65.0 Å². The molecular formula is C25H35ClN4O4. The van der Waals surface area contributed by atoms with E-state index in [-0.39, 0.29) is 24.2 Å². The van der Waals surface area contributed by atoms with Gasteiger partial charge < -0.3 is 26.4 Å². The second-order valence-corrected chi connectivity index (χ2v) is 9.10. The van der Waals surface area contributed by atoms with Gasteiger partial charge >= 0.3 is 0 Å². The highest BCUT2D eigenvalue weighted by Gasteiger charge is 2.40. The molecule has 1 saturated heterocycles. The Morgan fingerprint density at radius 2 is 1.88 bits per heavy atom. The average Bonchev–Trinajstić information content (AvgIpc) is 3.27. The Kier molecular flexibility index (Phi) is 9.85. The molecule has 1 unspecified atom stereocenters. The summed E-state index contributed by atoms with van der Waals surface area (Å²) in [5.41, 5.74) is 4.89. The van der Waals surface area contributed by atoms with E-state index in [0.717, 1.165) is 16.3 Å². The van der Waals surface area contributed by atoms with E-state index >= 15 is 0 Å². The zero-order valence-electron chi connectivity index (χ0n) is 19.8. The summed E-state index contributed by atoms with van der Waals surface area (Å²) in [5.74, 6) is -1.16. The molecule has 0 aromatic heterocycles. The second kappa shape index (κ2) is 12.1. The molecule has 5 N–H and O–H groups in total. The third-order valence-electron chi connectivity index (χ3n) is 5.91. The van der Waals surface area contributed by atoms with E-state index in [4.69, 9.17) is 5.73 Å². The van der Waals surface area contributed by atoms with E-state index < -0.39 is 23.6 Å². The van der Waals surface area contributed by atoms with Crippen molar-refractivity contribution >= 4 is 40.9 Å². The third-order valence-corrected chi connectivity index (χ3v) is 5.91. The van der Waals surface area contributed by atoms with Crippen LogP contribution in [0, 0.1) is 0 Å². The molecule has 9 heteroatoms. The standard InChI is InChI=1S/C25H34N4O4.ClH/c1-25(2,33)24(32)29-14-5-9-21(29)23(31)28-20(22(30)27-13-6-12-26)16-17-10-11-18-7-3-4-8-19(18)15-17;/h3-4,7-8,10-11,15,20-21,33H,5-6,9,12-14,16,26H2,1-2H3,(H,27,30)(H,28,31);1H/t20-,21?;/m1./s1. The van der Waals surface area contributed by atoms with Crippen molar-refractivity contribution < 1.29 is 19.5 Å². The lowest BCUT2D eigenvalue weighted by molar-refractivity contribution is -0.151. The highest BCUT2D eigenvalue weighted by molar-refractivity contribution is 5.94. The van der Waals surface area contributed by atoms with Crippen molar-refractivity contribution in [1.29, 1.82) is 0 Å². The number of fused-ring (bicyclic) bond motifs is 1. The first kappa shape index (κ1) is 27.6. The number of nitrogens with one attached hydrogen (secondary N) is 2. The third kappa shape index (κ3) is 6.91. The predicted molar refractivity (Wildman–Crippen MR) is 135 cm³/mol. The lowest BCUT2D eigenvalue weighted by Gasteiger charge is -2.30. The fourth-order valence-corrected chi connectivity index (χ4v) is 4.15. The number of hydrogen-bond donors (Lipinski definition) is 4. The lowest BCUT2D eigenvalue weighted by atomic mass is 10.0. The maximum absolute atomic E-state index is 13.1. The largest absolute Gasteiger partial charge is 0.381 e. The summed E-state index contributed by atoms with van der Waals surface area (Å²) in [6, 6.07) is 12.4. The Hall–Kier alpha value is -2.68. The molecular weight excluding hydrogens is 456 g/mol. The van der Waals surface area contributed by atoms with Crippen LogP contribution in [-0.2, 0) is 20.8 Å². The van der Waals surface area contributed by atoms with Crippen molar-refractivity contribution in [3.63, 3.8) is 0 Å². The molecule has 1 aliphatic rings. The summed E-state index contributed by atoms with van der Waals surface area (Å²) in [7, 11) is 0. The molecule has 186 valence electrons. The summed E-state index contributed by atoms with van der Waals surface area (Å²) < 4.78 is 0. The molecule has 2 atom stereocenters. The van der Waals surface area contributed by atoms with Crippen LogP contribution in [0.1, 0.15) is 38.7 Å². The van der Waals surface area contributed by atoms with Crippen LogP contribution in [0.3, 0.4) is 0 Å². The van der Waals surface area contributed by atoms with Gasteiger partial charge in [-0.05, 0) is 56.0 Å². The minimum Gasteiger partial charge on any atom is -0.381 e. The molecule has 2 aromatic carbocycles. The molecule has 34 heavy (non-hydrogen) atoms. The minimum atomic E-state index is -1.56. The highest BCUT2D eigenvalue weighted by atomic mass is 35.5. The first-order chi connectivity index (χ1) is 15.7. The van der Waals surface area contributed by atoms with Gasteiger partial charge in [-0.2, -0.15) is 0 Å². The smallest absolute Gasteiger partial charge is 0.254 e. The number of benzene rings is 2. The molecule has 0 aliphatic carbocycles. The fourth-order valence-electron chi connectivity index (χ4n) is 4.15. The topological polar surface area (TPSA) is 125 Å². The SMILES string of the molecule is CC(C)(O)C(=O)N1CCCC1C(=O)N[C@H](Cc1ccc2ccccc2c1)C(=O)NCCCN.Cl. The van der Waals surface area contributed by atoms with Crippen LogP contribution < -0.4 is 16.4 Å². The maximum atomic E-state index is 13.1. The number of halogens is 1. The Bertz CT molecular complexity index is 1010. The van der Waals surface area contributed by atoms with E-state index in [1.54, 1.807) is 0 Å². The van der Waals surface area contributed by atoms with E-state index in [2.05, 4.69) is 10.6 Å². The zero-order chi connectivity index (χ0) is 24.0. The van der Waals surface area contributed by atoms with E-state index in [1.165, 1.54) is 18.7 Å².